The van der Waals surface area contributed by atoms with E-state index in [4.69, 9.17) is 5.73 Å². The molecular weight excluding hydrogens is 433 g/mol. The van der Waals surface area contributed by atoms with Crippen LogP contribution in [0.25, 0.3) is 0 Å². The zero-order valence-corrected chi connectivity index (χ0v) is 18.5. The number of halogens is 3. The minimum atomic E-state index is -4.41. The lowest BCUT2D eigenvalue weighted by atomic mass is 9.89. The van der Waals surface area contributed by atoms with Crippen LogP contribution in [0.15, 0.2) is 30.7 Å². The smallest absolute Gasteiger partial charge is 0.368 e. The van der Waals surface area contributed by atoms with Crippen molar-refractivity contribution >= 4 is 11.9 Å². The van der Waals surface area contributed by atoms with Gasteiger partial charge < -0.3 is 10.6 Å². The SMILES string of the molecule is Nc1ncc(CN2CCC(C(=O)N3CCC(Cc4ccc(C(F)(F)F)nc4)CC3)CC2)cn1. The number of amides is 1. The van der Waals surface area contributed by atoms with Gasteiger partial charge in [0.2, 0.25) is 11.9 Å². The Bertz CT molecular complexity index is 919. The normalized spacial score (nSPS) is 19.1. The van der Waals surface area contributed by atoms with Crippen molar-refractivity contribution in [3.63, 3.8) is 0 Å². The molecule has 0 aromatic carbocycles. The van der Waals surface area contributed by atoms with Crippen LogP contribution in [0.4, 0.5) is 19.1 Å². The highest BCUT2D eigenvalue weighted by molar-refractivity contribution is 5.79. The summed E-state index contributed by atoms with van der Waals surface area (Å²) in [4.78, 5) is 28.9. The van der Waals surface area contributed by atoms with Gasteiger partial charge in [0.05, 0.1) is 0 Å². The second kappa shape index (κ2) is 10.0. The molecule has 2 aromatic heterocycles. The number of likely N-dealkylation sites (tertiary alicyclic amines) is 2. The van der Waals surface area contributed by atoms with E-state index in [0.717, 1.165) is 62.5 Å². The summed E-state index contributed by atoms with van der Waals surface area (Å²) >= 11 is 0. The highest BCUT2D eigenvalue weighted by Crippen LogP contribution is 2.29. The lowest BCUT2D eigenvalue weighted by Gasteiger charge is -2.37. The Balaban J connectivity index is 1.20. The van der Waals surface area contributed by atoms with Crippen molar-refractivity contribution < 1.29 is 18.0 Å². The molecule has 4 heterocycles. The van der Waals surface area contributed by atoms with Crippen molar-refractivity contribution in [1.29, 1.82) is 0 Å². The first-order valence-corrected chi connectivity index (χ1v) is 11.4. The average Bonchev–Trinajstić information content (AvgIpc) is 2.81. The highest BCUT2D eigenvalue weighted by atomic mass is 19.4. The fourth-order valence-corrected chi connectivity index (χ4v) is 4.70. The van der Waals surface area contributed by atoms with Crippen LogP contribution in [-0.4, -0.2) is 56.8 Å². The summed E-state index contributed by atoms with van der Waals surface area (Å²) in [6.07, 6.45) is 4.49. The van der Waals surface area contributed by atoms with E-state index in [2.05, 4.69) is 19.9 Å². The third kappa shape index (κ3) is 6.19. The van der Waals surface area contributed by atoms with E-state index in [1.165, 1.54) is 12.3 Å². The summed E-state index contributed by atoms with van der Waals surface area (Å²) in [5.41, 5.74) is 6.49. The van der Waals surface area contributed by atoms with Gasteiger partial charge in [-0.15, -0.1) is 0 Å². The number of anilines is 1. The van der Waals surface area contributed by atoms with Gasteiger partial charge in [-0.1, -0.05) is 6.07 Å². The van der Waals surface area contributed by atoms with Gasteiger partial charge in [-0.2, -0.15) is 13.2 Å². The van der Waals surface area contributed by atoms with E-state index in [-0.39, 0.29) is 17.8 Å². The fourth-order valence-electron chi connectivity index (χ4n) is 4.70. The zero-order valence-electron chi connectivity index (χ0n) is 18.5. The summed E-state index contributed by atoms with van der Waals surface area (Å²) in [6.45, 7) is 3.89. The topological polar surface area (TPSA) is 88.2 Å². The predicted octanol–water partition coefficient (Wildman–Crippen LogP) is 3.17. The molecule has 2 saturated heterocycles. The molecule has 4 rings (SSSR count). The number of hydrogen-bond donors (Lipinski definition) is 1. The number of nitrogens with zero attached hydrogens (tertiary/aromatic N) is 5. The van der Waals surface area contributed by atoms with E-state index >= 15 is 0 Å². The molecule has 0 radical (unpaired) electrons. The van der Waals surface area contributed by atoms with E-state index in [1.807, 2.05) is 4.90 Å². The van der Waals surface area contributed by atoms with Crippen LogP contribution in [0.1, 0.15) is 42.5 Å². The minimum absolute atomic E-state index is 0.0552. The first-order chi connectivity index (χ1) is 15.8. The summed E-state index contributed by atoms with van der Waals surface area (Å²) in [7, 11) is 0. The molecule has 2 N–H and O–H groups in total. The van der Waals surface area contributed by atoms with Crippen LogP contribution in [0, 0.1) is 11.8 Å². The molecule has 178 valence electrons. The predicted molar refractivity (Wildman–Crippen MR) is 117 cm³/mol. The largest absolute Gasteiger partial charge is 0.433 e. The summed E-state index contributed by atoms with van der Waals surface area (Å²) in [5, 5.41) is 0. The molecule has 0 spiro atoms. The number of alkyl halides is 3. The van der Waals surface area contributed by atoms with Crippen molar-refractivity contribution in [3.05, 3.63) is 47.5 Å². The number of aromatic nitrogens is 3. The van der Waals surface area contributed by atoms with Crippen LogP contribution in [0.2, 0.25) is 0 Å². The van der Waals surface area contributed by atoms with Gasteiger partial charge in [0.15, 0.2) is 0 Å². The van der Waals surface area contributed by atoms with Gasteiger partial charge in [0.1, 0.15) is 5.69 Å². The van der Waals surface area contributed by atoms with Crippen molar-refractivity contribution in [1.82, 2.24) is 24.8 Å². The molecule has 0 saturated carbocycles. The molecule has 0 bridgehead atoms. The van der Waals surface area contributed by atoms with Gasteiger partial charge in [-0.05, 0) is 62.7 Å². The monoisotopic (exact) mass is 462 g/mol. The van der Waals surface area contributed by atoms with Crippen LogP contribution >= 0.6 is 0 Å². The standard InChI is InChI=1S/C23H29F3N6O/c24-23(25,26)20-2-1-17(12-28-20)11-16-3-9-32(10-4-16)21(33)19-5-7-31(8-6-19)15-18-13-29-22(27)30-14-18/h1-2,12-14,16,19H,3-11,15H2,(H2,27,29,30). The van der Waals surface area contributed by atoms with Gasteiger partial charge in [-0.25, -0.2) is 9.97 Å². The number of nitrogens with two attached hydrogens (primary N) is 1. The van der Waals surface area contributed by atoms with Crippen molar-refractivity contribution in [2.75, 3.05) is 31.9 Å². The summed E-state index contributed by atoms with van der Waals surface area (Å²) in [6, 6.07) is 2.55. The van der Waals surface area contributed by atoms with Crippen LogP contribution in [0.3, 0.4) is 0 Å². The molecule has 2 aliphatic heterocycles. The highest BCUT2D eigenvalue weighted by Gasteiger charge is 2.33. The third-order valence-corrected chi connectivity index (χ3v) is 6.63. The maximum absolute atomic E-state index is 13.0. The van der Waals surface area contributed by atoms with Crippen molar-refractivity contribution in [3.8, 4) is 0 Å². The second-order valence-electron chi connectivity index (χ2n) is 9.02. The summed E-state index contributed by atoms with van der Waals surface area (Å²) in [5.74, 6) is 0.916. The molecule has 10 heteroatoms. The Morgan fingerprint density at radius 1 is 0.939 bits per heavy atom. The fraction of sp³-hybridized carbons (Fsp3) is 0.565. The Kier molecular flexibility index (Phi) is 7.11. The van der Waals surface area contributed by atoms with Gasteiger partial charge in [-0.3, -0.25) is 14.7 Å². The first-order valence-electron chi connectivity index (χ1n) is 11.4. The molecular formula is C23H29F3N6O. The molecule has 2 fully saturated rings. The van der Waals surface area contributed by atoms with Crippen LogP contribution in [0.5, 0.6) is 0 Å². The van der Waals surface area contributed by atoms with Gasteiger partial charge in [0, 0.05) is 49.7 Å². The van der Waals surface area contributed by atoms with E-state index in [0.29, 0.717) is 25.4 Å². The molecule has 2 aliphatic rings. The van der Waals surface area contributed by atoms with E-state index in [9.17, 15) is 18.0 Å². The molecule has 7 nitrogen and oxygen atoms in total. The number of carbonyl (C=O) groups is 1. The minimum Gasteiger partial charge on any atom is -0.368 e. The van der Waals surface area contributed by atoms with E-state index < -0.39 is 11.9 Å². The molecule has 0 atom stereocenters. The molecule has 2 aromatic rings. The lowest BCUT2D eigenvalue weighted by Crippen LogP contribution is -2.45. The lowest BCUT2D eigenvalue weighted by molar-refractivity contribution is -0.141. The zero-order chi connectivity index (χ0) is 23.4. The Labute approximate surface area is 191 Å². The maximum atomic E-state index is 13.0. The number of rotatable bonds is 5. The maximum Gasteiger partial charge on any atom is 0.433 e. The number of pyridine rings is 1. The second-order valence-corrected chi connectivity index (χ2v) is 9.02. The number of nitrogen functional groups attached to an aromatic ring is 1. The first kappa shape index (κ1) is 23.4. The van der Waals surface area contributed by atoms with Crippen molar-refractivity contribution in [2.24, 2.45) is 11.8 Å². The Hall–Kier alpha value is -2.75. The molecule has 1 amide bonds. The average molecular weight is 463 g/mol. The molecule has 0 unspecified atom stereocenters. The summed E-state index contributed by atoms with van der Waals surface area (Å²) < 4.78 is 38.0. The Morgan fingerprint density at radius 2 is 1.58 bits per heavy atom. The Morgan fingerprint density at radius 3 is 2.15 bits per heavy atom. The quantitative estimate of drug-likeness (QED) is 0.735. The molecule has 33 heavy (non-hydrogen) atoms. The van der Waals surface area contributed by atoms with Gasteiger partial charge in [0.25, 0.3) is 0 Å². The van der Waals surface area contributed by atoms with Crippen molar-refractivity contribution in [2.45, 2.75) is 44.8 Å². The van der Waals surface area contributed by atoms with Crippen LogP contribution in [-0.2, 0) is 23.9 Å². The molecule has 0 aliphatic carbocycles. The number of piperidine rings is 2. The van der Waals surface area contributed by atoms with Gasteiger partial charge >= 0.3 is 6.18 Å². The van der Waals surface area contributed by atoms with Crippen LogP contribution < -0.4 is 5.73 Å². The third-order valence-electron chi connectivity index (χ3n) is 6.63. The van der Waals surface area contributed by atoms with E-state index in [1.54, 1.807) is 12.4 Å². The number of carbonyl (C=O) groups excluding carboxylic acids is 1. The number of hydrogen-bond acceptors (Lipinski definition) is 6.